The molecular formula is C20H15ClF2N2O3S. The minimum Gasteiger partial charge on any atom is -0.348 e. The molecule has 3 aromatic rings. The summed E-state index contributed by atoms with van der Waals surface area (Å²) in [4.78, 5) is 11.9. The van der Waals surface area contributed by atoms with Gasteiger partial charge in [-0.25, -0.2) is 17.2 Å². The first-order valence-electron chi connectivity index (χ1n) is 8.35. The van der Waals surface area contributed by atoms with Crippen LogP contribution in [0.5, 0.6) is 0 Å². The number of hydrogen-bond acceptors (Lipinski definition) is 3. The molecule has 1 amide bonds. The van der Waals surface area contributed by atoms with Crippen molar-refractivity contribution < 1.29 is 22.0 Å². The fourth-order valence-corrected chi connectivity index (χ4v) is 3.66. The van der Waals surface area contributed by atoms with Crippen LogP contribution in [0.1, 0.15) is 15.9 Å². The summed E-state index contributed by atoms with van der Waals surface area (Å²) in [6.07, 6.45) is 0. The molecule has 0 aliphatic heterocycles. The summed E-state index contributed by atoms with van der Waals surface area (Å²) in [5.74, 6) is -2.83. The van der Waals surface area contributed by atoms with E-state index in [0.717, 1.165) is 17.7 Å². The van der Waals surface area contributed by atoms with Crippen LogP contribution in [-0.2, 0) is 16.6 Å². The first kappa shape index (κ1) is 20.8. The topological polar surface area (TPSA) is 75.3 Å². The fourth-order valence-electron chi connectivity index (χ4n) is 2.47. The molecule has 2 N–H and O–H groups in total. The molecule has 0 bridgehead atoms. The summed E-state index contributed by atoms with van der Waals surface area (Å²) in [5.41, 5.74) is 1.18. The van der Waals surface area contributed by atoms with Gasteiger partial charge in [0.15, 0.2) is 11.6 Å². The van der Waals surface area contributed by atoms with Gasteiger partial charge < -0.3 is 5.32 Å². The van der Waals surface area contributed by atoms with E-state index in [-0.39, 0.29) is 17.8 Å². The van der Waals surface area contributed by atoms with E-state index < -0.39 is 32.5 Å². The zero-order chi connectivity index (χ0) is 21.0. The van der Waals surface area contributed by atoms with E-state index in [1.54, 1.807) is 24.3 Å². The highest BCUT2D eigenvalue weighted by atomic mass is 35.5. The van der Waals surface area contributed by atoms with Crippen molar-refractivity contribution in [2.45, 2.75) is 11.4 Å². The molecule has 3 rings (SSSR count). The Kier molecular flexibility index (Phi) is 6.14. The molecule has 29 heavy (non-hydrogen) atoms. The molecule has 9 heteroatoms. The monoisotopic (exact) mass is 436 g/mol. The quantitative estimate of drug-likeness (QED) is 0.603. The smallest absolute Gasteiger partial charge is 0.261 e. The van der Waals surface area contributed by atoms with Crippen LogP contribution >= 0.6 is 11.6 Å². The standard InChI is InChI=1S/C20H15ClF2N2O3S/c21-15-6-4-13(5-7-15)12-24-20(26)14-2-1-3-16(10-14)25-29(27,28)17-8-9-18(22)19(23)11-17/h1-11,25H,12H2,(H,24,26). The molecule has 0 aliphatic rings. The van der Waals surface area contributed by atoms with Gasteiger partial charge in [0.1, 0.15) is 0 Å². The van der Waals surface area contributed by atoms with Crippen molar-refractivity contribution >= 4 is 33.2 Å². The Balaban J connectivity index is 1.72. The molecule has 0 saturated heterocycles. The largest absolute Gasteiger partial charge is 0.348 e. The lowest BCUT2D eigenvalue weighted by atomic mass is 10.2. The minimum absolute atomic E-state index is 0.105. The van der Waals surface area contributed by atoms with E-state index in [1.807, 2.05) is 0 Å². The van der Waals surface area contributed by atoms with E-state index in [1.165, 1.54) is 24.3 Å². The minimum atomic E-state index is -4.16. The van der Waals surface area contributed by atoms with Crippen molar-refractivity contribution in [1.29, 1.82) is 0 Å². The lowest BCUT2D eigenvalue weighted by Gasteiger charge is -2.10. The Labute approximate surface area is 171 Å². The van der Waals surface area contributed by atoms with E-state index in [2.05, 4.69) is 10.0 Å². The Morgan fingerprint density at radius 3 is 2.34 bits per heavy atom. The van der Waals surface area contributed by atoms with Gasteiger partial charge in [0.2, 0.25) is 0 Å². The Hall–Kier alpha value is -2.97. The second-order valence-corrected chi connectivity index (χ2v) is 8.19. The third-order valence-electron chi connectivity index (χ3n) is 3.94. The predicted octanol–water partition coefficient (Wildman–Crippen LogP) is 4.35. The molecule has 0 aliphatic carbocycles. The summed E-state index contributed by atoms with van der Waals surface area (Å²) in [6, 6.07) is 15.0. The molecule has 5 nitrogen and oxygen atoms in total. The first-order valence-corrected chi connectivity index (χ1v) is 10.2. The number of carbonyl (C=O) groups is 1. The molecule has 0 spiro atoms. The average molecular weight is 437 g/mol. The third-order valence-corrected chi connectivity index (χ3v) is 5.58. The summed E-state index contributed by atoms with van der Waals surface area (Å²) in [6.45, 7) is 0.265. The zero-order valence-electron chi connectivity index (χ0n) is 14.8. The summed E-state index contributed by atoms with van der Waals surface area (Å²) in [7, 11) is -4.16. The molecule has 3 aromatic carbocycles. The molecule has 0 atom stereocenters. The Bertz CT molecular complexity index is 1150. The van der Waals surface area contributed by atoms with Crippen molar-refractivity contribution in [2.75, 3.05) is 4.72 Å². The molecular weight excluding hydrogens is 422 g/mol. The molecule has 150 valence electrons. The van der Waals surface area contributed by atoms with Crippen LogP contribution in [0, 0.1) is 11.6 Å². The van der Waals surface area contributed by atoms with Crippen LogP contribution in [0.3, 0.4) is 0 Å². The molecule has 0 radical (unpaired) electrons. The van der Waals surface area contributed by atoms with Gasteiger partial charge in [-0.2, -0.15) is 0 Å². The first-order chi connectivity index (χ1) is 13.7. The van der Waals surface area contributed by atoms with Gasteiger partial charge in [0.05, 0.1) is 4.90 Å². The van der Waals surface area contributed by atoms with Gasteiger partial charge in [0.25, 0.3) is 15.9 Å². The summed E-state index contributed by atoms with van der Waals surface area (Å²) in [5, 5.41) is 3.30. The van der Waals surface area contributed by atoms with E-state index >= 15 is 0 Å². The number of benzene rings is 3. The summed E-state index contributed by atoms with van der Waals surface area (Å²) >= 11 is 5.82. The number of halogens is 3. The number of sulfonamides is 1. The molecule has 0 saturated carbocycles. The number of nitrogens with one attached hydrogen (secondary N) is 2. The van der Waals surface area contributed by atoms with E-state index in [9.17, 15) is 22.0 Å². The fraction of sp³-hybridized carbons (Fsp3) is 0.0500. The average Bonchev–Trinajstić information content (AvgIpc) is 2.69. The Morgan fingerprint density at radius 1 is 0.931 bits per heavy atom. The number of hydrogen-bond donors (Lipinski definition) is 2. The molecule has 0 heterocycles. The number of rotatable bonds is 6. The van der Waals surface area contributed by atoms with Gasteiger partial charge in [-0.15, -0.1) is 0 Å². The van der Waals surface area contributed by atoms with Crippen molar-refractivity contribution in [3.05, 3.63) is 94.5 Å². The normalized spacial score (nSPS) is 11.1. The van der Waals surface area contributed by atoms with Crippen molar-refractivity contribution in [3.63, 3.8) is 0 Å². The van der Waals surface area contributed by atoms with Crippen LogP contribution in [0.25, 0.3) is 0 Å². The maximum absolute atomic E-state index is 13.3. The van der Waals surface area contributed by atoms with Crippen molar-refractivity contribution in [3.8, 4) is 0 Å². The van der Waals surface area contributed by atoms with Gasteiger partial charge in [-0.05, 0) is 54.1 Å². The van der Waals surface area contributed by atoms with Crippen LogP contribution < -0.4 is 10.0 Å². The highest BCUT2D eigenvalue weighted by molar-refractivity contribution is 7.92. The number of anilines is 1. The molecule has 0 aromatic heterocycles. The maximum Gasteiger partial charge on any atom is 0.261 e. The second kappa shape index (κ2) is 8.59. The highest BCUT2D eigenvalue weighted by Crippen LogP contribution is 2.19. The van der Waals surface area contributed by atoms with Gasteiger partial charge in [-0.1, -0.05) is 29.8 Å². The van der Waals surface area contributed by atoms with Crippen LogP contribution in [0.4, 0.5) is 14.5 Å². The SMILES string of the molecule is O=C(NCc1ccc(Cl)cc1)c1cccc(NS(=O)(=O)c2ccc(F)c(F)c2)c1. The van der Waals surface area contributed by atoms with Gasteiger partial charge in [-0.3, -0.25) is 9.52 Å². The highest BCUT2D eigenvalue weighted by Gasteiger charge is 2.17. The Morgan fingerprint density at radius 2 is 1.66 bits per heavy atom. The summed E-state index contributed by atoms with van der Waals surface area (Å²) < 4.78 is 53.4. The molecule has 0 fully saturated rings. The van der Waals surface area contributed by atoms with Crippen LogP contribution in [0.2, 0.25) is 5.02 Å². The third kappa shape index (κ3) is 5.30. The van der Waals surface area contributed by atoms with Crippen LogP contribution in [0.15, 0.2) is 71.6 Å². The van der Waals surface area contributed by atoms with Gasteiger partial charge >= 0.3 is 0 Å². The van der Waals surface area contributed by atoms with Crippen molar-refractivity contribution in [1.82, 2.24) is 5.32 Å². The van der Waals surface area contributed by atoms with E-state index in [4.69, 9.17) is 11.6 Å². The van der Waals surface area contributed by atoms with Crippen LogP contribution in [-0.4, -0.2) is 14.3 Å². The lowest BCUT2D eigenvalue weighted by molar-refractivity contribution is 0.0951. The predicted molar refractivity (Wildman–Crippen MR) is 106 cm³/mol. The second-order valence-electron chi connectivity index (χ2n) is 6.07. The lowest BCUT2D eigenvalue weighted by Crippen LogP contribution is -2.23. The van der Waals surface area contributed by atoms with Gasteiger partial charge in [0, 0.05) is 22.8 Å². The maximum atomic E-state index is 13.3. The number of amides is 1. The zero-order valence-corrected chi connectivity index (χ0v) is 16.4. The number of carbonyl (C=O) groups excluding carboxylic acids is 1. The molecule has 0 unspecified atom stereocenters. The van der Waals surface area contributed by atoms with E-state index in [0.29, 0.717) is 11.1 Å². The van der Waals surface area contributed by atoms with Crippen molar-refractivity contribution in [2.24, 2.45) is 0 Å².